The first-order chi connectivity index (χ1) is 8.00. The quantitative estimate of drug-likeness (QED) is 0.721. The summed E-state index contributed by atoms with van der Waals surface area (Å²) in [4.78, 5) is 10.7. The first-order valence-electron chi connectivity index (χ1n) is 5.76. The van der Waals surface area contributed by atoms with Crippen molar-refractivity contribution in [2.45, 2.75) is 38.3 Å². The molecule has 1 aliphatic carbocycles. The third kappa shape index (κ3) is 2.68. The number of nitrogens with one attached hydrogen (secondary N) is 1. The predicted molar refractivity (Wildman–Crippen MR) is 60.9 cm³/mol. The number of hydrogen-bond donors (Lipinski definition) is 3. The van der Waals surface area contributed by atoms with E-state index >= 15 is 0 Å². The topological polar surface area (TPSA) is 82.7 Å². The van der Waals surface area contributed by atoms with Crippen LogP contribution in [0.25, 0.3) is 0 Å². The van der Waals surface area contributed by atoms with Gasteiger partial charge < -0.3 is 19.9 Å². The average Bonchev–Trinajstić information content (AvgIpc) is 2.58. The van der Waals surface area contributed by atoms with E-state index in [1.165, 1.54) is 6.07 Å². The molecule has 0 bridgehead atoms. The van der Waals surface area contributed by atoms with Crippen LogP contribution in [0.15, 0.2) is 10.5 Å². The highest BCUT2D eigenvalue weighted by Crippen LogP contribution is 2.30. The van der Waals surface area contributed by atoms with Crippen molar-refractivity contribution in [2.24, 2.45) is 0 Å². The molecule has 0 spiro atoms. The lowest BCUT2D eigenvalue weighted by Crippen LogP contribution is -2.45. The maximum absolute atomic E-state index is 10.7. The van der Waals surface area contributed by atoms with Gasteiger partial charge in [-0.05, 0) is 32.3 Å². The van der Waals surface area contributed by atoms with Crippen LogP contribution in [0.2, 0.25) is 0 Å². The van der Waals surface area contributed by atoms with Gasteiger partial charge in [0.15, 0.2) is 0 Å². The number of carbonyl (C=O) groups is 1. The predicted octanol–water partition coefficient (Wildman–Crippen LogP) is 1.29. The number of carboxylic acid groups (broad SMARTS) is 1. The van der Waals surface area contributed by atoms with Crippen LogP contribution in [0.4, 0.5) is 0 Å². The van der Waals surface area contributed by atoms with Crippen LogP contribution in [0.3, 0.4) is 0 Å². The lowest BCUT2D eigenvalue weighted by Gasteiger charge is -2.36. The number of furan rings is 1. The zero-order chi connectivity index (χ0) is 12.5. The molecule has 0 atom stereocenters. The first kappa shape index (κ1) is 12.1. The average molecular weight is 239 g/mol. The molecule has 0 amide bonds. The van der Waals surface area contributed by atoms with Crippen LogP contribution in [0.5, 0.6) is 0 Å². The van der Waals surface area contributed by atoms with Gasteiger partial charge in [-0.25, -0.2) is 4.79 Å². The van der Waals surface area contributed by atoms with Gasteiger partial charge in [0.25, 0.3) is 0 Å². The summed E-state index contributed by atoms with van der Waals surface area (Å²) in [5.41, 5.74) is 0.262. The van der Waals surface area contributed by atoms with Gasteiger partial charge >= 0.3 is 5.97 Å². The summed E-state index contributed by atoms with van der Waals surface area (Å²) in [5, 5.41) is 21.8. The van der Waals surface area contributed by atoms with E-state index in [2.05, 4.69) is 5.32 Å². The Morgan fingerprint density at radius 1 is 1.59 bits per heavy atom. The Labute approximate surface area is 99.4 Å². The Morgan fingerprint density at radius 2 is 2.29 bits per heavy atom. The van der Waals surface area contributed by atoms with E-state index in [9.17, 15) is 9.90 Å². The number of aromatic carboxylic acids is 1. The molecule has 0 radical (unpaired) electrons. The molecule has 3 N–H and O–H groups in total. The Bertz CT molecular complexity index is 420. The van der Waals surface area contributed by atoms with Gasteiger partial charge in [-0.3, -0.25) is 0 Å². The van der Waals surface area contributed by atoms with Gasteiger partial charge in [0.2, 0.25) is 5.76 Å². The molecule has 1 heterocycles. The molecule has 1 aliphatic rings. The number of carboxylic acids is 1. The van der Waals surface area contributed by atoms with E-state index in [-0.39, 0.29) is 5.76 Å². The fourth-order valence-corrected chi connectivity index (χ4v) is 1.99. The summed E-state index contributed by atoms with van der Waals surface area (Å²) in [6, 6.07) is 1.52. The molecule has 5 nitrogen and oxygen atoms in total. The van der Waals surface area contributed by atoms with Gasteiger partial charge in [0.1, 0.15) is 5.76 Å². The number of rotatable bonds is 5. The molecule has 1 saturated carbocycles. The smallest absolute Gasteiger partial charge is 0.371 e. The van der Waals surface area contributed by atoms with Crippen molar-refractivity contribution in [1.82, 2.24) is 5.32 Å². The van der Waals surface area contributed by atoms with Crippen molar-refractivity contribution in [3.05, 3.63) is 23.2 Å². The van der Waals surface area contributed by atoms with E-state index in [4.69, 9.17) is 9.52 Å². The summed E-state index contributed by atoms with van der Waals surface area (Å²) < 4.78 is 5.10. The van der Waals surface area contributed by atoms with Gasteiger partial charge in [-0.15, -0.1) is 0 Å². The molecule has 0 unspecified atom stereocenters. The zero-order valence-electron chi connectivity index (χ0n) is 9.82. The molecule has 2 rings (SSSR count). The fraction of sp³-hybridized carbons (Fsp3) is 0.583. The van der Waals surface area contributed by atoms with E-state index < -0.39 is 11.6 Å². The van der Waals surface area contributed by atoms with Crippen LogP contribution in [0, 0.1) is 6.92 Å². The summed E-state index contributed by atoms with van der Waals surface area (Å²) in [7, 11) is 0. The van der Waals surface area contributed by atoms with Crippen LogP contribution in [0.1, 0.15) is 41.1 Å². The second kappa shape index (κ2) is 4.50. The summed E-state index contributed by atoms with van der Waals surface area (Å²) >= 11 is 0. The van der Waals surface area contributed by atoms with Crippen LogP contribution in [-0.4, -0.2) is 28.3 Å². The maximum Gasteiger partial charge on any atom is 0.371 e. The highest BCUT2D eigenvalue weighted by Gasteiger charge is 2.33. The second-order valence-electron chi connectivity index (χ2n) is 4.68. The van der Waals surface area contributed by atoms with Crippen molar-refractivity contribution >= 4 is 5.97 Å². The summed E-state index contributed by atoms with van der Waals surface area (Å²) in [5.74, 6) is -0.492. The van der Waals surface area contributed by atoms with Crippen LogP contribution < -0.4 is 5.32 Å². The largest absolute Gasteiger partial charge is 0.475 e. The molecule has 94 valence electrons. The van der Waals surface area contributed by atoms with E-state index in [0.717, 1.165) is 24.8 Å². The van der Waals surface area contributed by atoms with Crippen molar-refractivity contribution < 1.29 is 19.4 Å². The lowest BCUT2D eigenvalue weighted by molar-refractivity contribution is -0.0315. The lowest BCUT2D eigenvalue weighted by atomic mass is 9.80. The molecular formula is C12H17NO4. The van der Waals surface area contributed by atoms with Gasteiger partial charge in [-0.2, -0.15) is 0 Å². The van der Waals surface area contributed by atoms with Crippen LogP contribution in [-0.2, 0) is 6.54 Å². The standard InChI is InChI=1S/C12H17NO4/c1-8-9(5-10(17-8)11(14)15)6-13-7-12(16)3-2-4-12/h5,13,16H,2-4,6-7H2,1H3,(H,14,15). The van der Waals surface area contributed by atoms with Crippen LogP contribution >= 0.6 is 0 Å². The molecular weight excluding hydrogens is 222 g/mol. The van der Waals surface area contributed by atoms with E-state index in [1.807, 2.05) is 0 Å². The summed E-state index contributed by atoms with van der Waals surface area (Å²) in [6.45, 7) is 2.80. The summed E-state index contributed by atoms with van der Waals surface area (Å²) in [6.07, 6.45) is 2.75. The Morgan fingerprint density at radius 3 is 2.76 bits per heavy atom. The molecule has 1 aromatic rings. The number of aliphatic hydroxyl groups is 1. The SMILES string of the molecule is Cc1oc(C(=O)O)cc1CNCC1(O)CCC1. The van der Waals surface area contributed by atoms with E-state index in [1.54, 1.807) is 6.92 Å². The van der Waals surface area contributed by atoms with Crippen molar-refractivity contribution in [2.75, 3.05) is 6.54 Å². The Hall–Kier alpha value is -1.33. The van der Waals surface area contributed by atoms with Crippen molar-refractivity contribution in [3.63, 3.8) is 0 Å². The van der Waals surface area contributed by atoms with Crippen molar-refractivity contribution in [1.29, 1.82) is 0 Å². The van der Waals surface area contributed by atoms with Crippen molar-refractivity contribution in [3.8, 4) is 0 Å². The minimum Gasteiger partial charge on any atom is -0.475 e. The highest BCUT2D eigenvalue weighted by molar-refractivity contribution is 5.84. The third-order valence-electron chi connectivity index (χ3n) is 3.29. The third-order valence-corrected chi connectivity index (χ3v) is 3.29. The number of aryl methyl sites for hydroxylation is 1. The Kier molecular flexibility index (Phi) is 3.22. The fourth-order valence-electron chi connectivity index (χ4n) is 1.99. The van der Waals surface area contributed by atoms with Gasteiger partial charge in [0, 0.05) is 18.7 Å². The normalized spacial score (nSPS) is 17.8. The second-order valence-corrected chi connectivity index (χ2v) is 4.68. The number of hydrogen-bond acceptors (Lipinski definition) is 4. The Balaban J connectivity index is 1.88. The molecule has 0 aliphatic heterocycles. The van der Waals surface area contributed by atoms with E-state index in [0.29, 0.717) is 18.8 Å². The first-order valence-corrected chi connectivity index (χ1v) is 5.76. The zero-order valence-corrected chi connectivity index (χ0v) is 9.82. The molecule has 0 aromatic carbocycles. The maximum atomic E-state index is 10.7. The molecule has 1 aromatic heterocycles. The monoisotopic (exact) mass is 239 g/mol. The molecule has 17 heavy (non-hydrogen) atoms. The van der Waals surface area contributed by atoms with Gasteiger partial charge in [-0.1, -0.05) is 0 Å². The molecule has 0 saturated heterocycles. The highest BCUT2D eigenvalue weighted by atomic mass is 16.4. The van der Waals surface area contributed by atoms with Gasteiger partial charge in [0.05, 0.1) is 5.60 Å². The minimum atomic E-state index is -1.06. The minimum absolute atomic E-state index is 0.0401. The molecule has 1 fully saturated rings. The molecule has 5 heteroatoms.